The molecule has 4 rings (SSSR count). The Labute approximate surface area is 193 Å². The second-order valence-electron chi connectivity index (χ2n) is 7.46. The van der Waals surface area contributed by atoms with Gasteiger partial charge in [0.05, 0.1) is 43.1 Å². The smallest absolute Gasteiger partial charge is 0.259 e. The zero-order valence-electron chi connectivity index (χ0n) is 18.5. The molecule has 33 heavy (non-hydrogen) atoms. The molecule has 8 nitrogen and oxygen atoms in total. The van der Waals surface area contributed by atoms with Crippen molar-refractivity contribution in [2.75, 3.05) is 45.3 Å². The van der Waals surface area contributed by atoms with Gasteiger partial charge in [-0.1, -0.05) is 24.3 Å². The molecular formula is C24H26N2O6S. The van der Waals surface area contributed by atoms with E-state index >= 15 is 0 Å². The molecule has 0 atom stereocenters. The summed E-state index contributed by atoms with van der Waals surface area (Å²) >= 11 is 0. The van der Waals surface area contributed by atoms with Crippen LogP contribution in [0.2, 0.25) is 0 Å². The third-order valence-corrected chi connectivity index (χ3v) is 7.31. The fourth-order valence-electron chi connectivity index (χ4n) is 3.74. The number of ether oxygens (including phenoxy) is 3. The molecule has 1 N–H and O–H groups in total. The molecule has 0 bridgehead atoms. The predicted molar refractivity (Wildman–Crippen MR) is 126 cm³/mol. The van der Waals surface area contributed by atoms with Gasteiger partial charge in [-0.3, -0.25) is 4.79 Å². The van der Waals surface area contributed by atoms with Crippen LogP contribution >= 0.6 is 0 Å². The van der Waals surface area contributed by atoms with Crippen LogP contribution in [-0.4, -0.2) is 58.7 Å². The van der Waals surface area contributed by atoms with E-state index in [2.05, 4.69) is 5.32 Å². The molecule has 3 aromatic carbocycles. The summed E-state index contributed by atoms with van der Waals surface area (Å²) in [6, 6.07) is 15.7. The summed E-state index contributed by atoms with van der Waals surface area (Å²) in [4.78, 5) is 13.3. The van der Waals surface area contributed by atoms with Crippen molar-refractivity contribution in [1.82, 2.24) is 4.31 Å². The highest BCUT2D eigenvalue weighted by molar-refractivity contribution is 7.89. The van der Waals surface area contributed by atoms with Crippen LogP contribution in [0.5, 0.6) is 11.5 Å². The summed E-state index contributed by atoms with van der Waals surface area (Å²) in [6.07, 6.45) is 0. The molecule has 0 unspecified atom stereocenters. The van der Waals surface area contributed by atoms with E-state index in [1.807, 2.05) is 37.3 Å². The SMILES string of the molecule is CCOc1cc2ccccc2cc1C(=O)Nc1cc(S(=O)(=O)N2CCOCC2)ccc1OC. The van der Waals surface area contributed by atoms with Gasteiger partial charge in [-0.2, -0.15) is 4.31 Å². The number of anilines is 1. The average molecular weight is 471 g/mol. The Bertz CT molecular complexity index is 1270. The van der Waals surface area contributed by atoms with Gasteiger partial charge in [0, 0.05) is 13.1 Å². The summed E-state index contributed by atoms with van der Waals surface area (Å²) in [6.45, 7) is 3.51. The minimum absolute atomic E-state index is 0.0732. The van der Waals surface area contributed by atoms with E-state index in [9.17, 15) is 13.2 Å². The third kappa shape index (κ3) is 4.80. The van der Waals surface area contributed by atoms with Crippen molar-refractivity contribution in [3.63, 3.8) is 0 Å². The zero-order valence-corrected chi connectivity index (χ0v) is 19.4. The largest absolute Gasteiger partial charge is 0.495 e. The molecule has 1 saturated heterocycles. The van der Waals surface area contributed by atoms with E-state index in [1.165, 1.54) is 29.6 Å². The normalized spacial score (nSPS) is 14.7. The molecule has 3 aromatic rings. The second kappa shape index (κ2) is 9.78. The fourth-order valence-corrected chi connectivity index (χ4v) is 5.18. The maximum Gasteiger partial charge on any atom is 0.259 e. The number of sulfonamides is 1. The Hall–Kier alpha value is -3.14. The van der Waals surface area contributed by atoms with Crippen LogP contribution in [0.4, 0.5) is 5.69 Å². The number of carbonyl (C=O) groups is 1. The van der Waals surface area contributed by atoms with Crippen LogP contribution in [0.25, 0.3) is 10.8 Å². The number of methoxy groups -OCH3 is 1. The molecule has 1 aliphatic rings. The van der Waals surface area contributed by atoms with Gasteiger partial charge in [-0.25, -0.2) is 8.42 Å². The van der Waals surface area contributed by atoms with Crippen LogP contribution in [0.1, 0.15) is 17.3 Å². The zero-order chi connectivity index (χ0) is 23.4. The lowest BCUT2D eigenvalue weighted by Gasteiger charge is -2.26. The Morgan fingerprint density at radius 2 is 1.73 bits per heavy atom. The van der Waals surface area contributed by atoms with Crippen molar-refractivity contribution in [2.45, 2.75) is 11.8 Å². The minimum Gasteiger partial charge on any atom is -0.495 e. The van der Waals surface area contributed by atoms with Crippen molar-refractivity contribution < 1.29 is 27.4 Å². The van der Waals surface area contributed by atoms with Gasteiger partial charge in [0.15, 0.2) is 0 Å². The van der Waals surface area contributed by atoms with E-state index in [0.29, 0.717) is 36.9 Å². The highest BCUT2D eigenvalue weighted by Gasteiger charge is 2.27. The lowest BCUT2D eigenvalue weighted by atomic mass is 10.1. The first-order chi connectivity index (χ1) is 15.9. The van der Waals surface area contributed by atoms with E-state index in [-0.39, 0.29) is 23.7 Å². The molecule has 1 heterocycles. The van der Waals surface area contributed by atoms with Gasteiger partial charge < -0.3 is 19.5 Å². The summed E-state index contributed by atoms with van der Waals surface area (Å²) in [5.41, 5.74) is 0.603. The second-order valence-corrected chi connectivity index (χ2v) is 9.40. The van der Waals surface area contributed by atoms with Crippen molar-refractivity contribution >= 4 is 32.4 Å². The van der Waals surface area contributed by atoms with Crippen LogP contribution in [0.15, 0.2) is 59.5 Å². The third-order valence-electron chi connectivity index (χ3n) is 5.42. The molecule has 1 fully saturated rings. The minimum atomic E-state index is -3.73. The van der Waals surface area contributed by atoms with Gasteiger partial charge in [-0.05, 0) is 48.0 Å². The monoisotopic (exact) mass is 470 g/mol. The van der Waals surface area contributed by atoms with E-state index < -0.39 is 15.9 Å². The number of hydrogen-bond donors (Lipinski definition) is 1. The molecular weight excluding hydrogens is 444 g/mol. The number of benzene rings is 3. The van der Waals surface area contributed by atoms with Gasteiger partial charge >= 0.3 is 0 Å². The molecule has 0 aromatic heterocycles. The number of nitrogens with one attached hydrogen (secondary N) is 1. The summed E-state index contributed by atoms with van der Waals surface area (Å²) in [5.74, 6) is 0.371. The molecule has 0 spiro atoms. The lowest BCUT2D eigenvalue weighted by molar-refractivity contribution is 0.0730. The number of amides is 1. The first kappa shape index (κ1) is 23.0. The summed E-state index contributed by atoms with van der Waals surface area (Å²) in [5, 5.41) is 4.65. The Morgan fingerprint density at radius 1 is 1.03 bits per heavy atom. The van der Waals surface area contributed by atoms with Gasteiger partial charge in [0.1, 0.15) is 11.5 Å². The van der Waals surface area contributed by atoms with Gasteiger partial charge in [0.25, 0.3) is 5.91 Å². The standard InChI is InChI=1S/C24H26N2O6S/c1-3-32-23-15-18-7-5-4-6-17(18)14-20(23)24(27)25-21-16-19(8-9-22(21)30-2)33(28,29)26-10-12-31-13-11-26/h4-9,14-16H,3,10-13H2,1-2H3,(H,25,27). The van der Waals surface area contributed by atoms with Crippen molar-refractivity contribution in [3.8, 4) is 11.5 Å². The highest BCUT2D eigenvalue weighted by atomic mass is 32.2. The first-order valence-electron chi connectivity index (χ1n) is 10.7. The number of hydrogen-bond acceptors (Lipinski definition) is 6. The molecule has 1 amide bonds. The maximum absolute atomic E-state index is 13.3. The Kier molecular flexibility index (Phi) is 6.83. The predicted octanol–water partition coefficient (Wildman–Crippen LogP) is 3.52. The maximum atomic E-state index is 13.3. The van der Waals surface area contributed by atoms with Crippen LogP contribution in [-0.2, 0) is 14.8 Å². The molecule has 174 valence electrons. The van der Waals surface area contributed by atoms with E-state index in [0.717, 1.165) is 10.8 Å². The van der Waals surface area contributed by atoms with Gasteiger partial charge in [-0.15, -0.1) is 0 Å². The summed E-state index contributed by atoms with van der Waals surface area (Å²) < 4.78 is 43.9. The van der Waals surface area contributed by atoms with Crippen LogP contribution < -0.4 is 14.8 Å². The Balaban J connectivity index is 1.69. The topological polar surface area (TPSA) is 94.2 Å². The molecule has 0 aliphatic carbocycles. The van der Waals surface area contributed by atoms with Crippen molar-refractivity contribution in [2.24, 2.45) is 0 Å². The number of rotatable bonds is 7. The van der Waals surface area contributed by atoms with Crippen molar-refractivity contribution in [3.05, 3.63) is 60.2 Å². The quantitative estimate of drug-likeness (QED) is 0.568. The number of carbonyl (C=O) groups excluding carboxylic acids is 1. The molecule has 0 radical (unpaired) electrons. The van der Waals surface area contributed by atoms with Gasteiger partial charge in [0.2, 0.25) is 10.0 Å². The number of fused-ring (bicyclic) bond motifs is 1. The Morgan fingerprint density at radius 3 is 2.39 bits per heavy atom. The number of morpholine rings is 1. The fraction of sp³-hybridized carbons (Fsp3) is 0.292. The van der Waals surface area contributed by atoms with Crippen LogP contribution in [0.3, 0.4) is 0 Å². The van der Waals surface area contributed by atoms with E-state index in [1.54, 1.807) is 6.07 Å². The average Bonchev–Trinajstić information content (AvgIpc) is 2.84. The first-order valence-corrected chi connectivity index (χ1v) is 12.1. The molecule has 1 aliphatic heterocycles. The molecule has 0 saturated carbocycles. The molecule has 9 heteroatoms. The lowest BCUT2D eigenvalue weighted by Crippen LogP contribution is -2.40. The summed E-state index contributed by atoms with van der Waals surface area (Å²) in [7, 11) is -2.27. The highest BCUT2D eigenvalue weighted by Crippen LogP contribution is 2.32. The van der Waals surface area contributed by atoms with Crippen LogP contribution in [0, 0.1) is 0 Å². The number of nitrogens with zero attached hydrogens (tertiary/aromatic N) is 1. The van der Waals surface area contributed by atoms with E-state index in [4.69, 9.17) is 14.2 Å². The van der Waals surface area contributed by atoms with Crippen molar-refractivity contribution in [1.29, 1.82) is 0 Å².